The zero-order valence-corrected chi connectivity index (χ0v) is 14.6. The lowest BCUT2D eigenvalue weighted by Gasteiger charge is -1.99. The Morgan fingerprint density at radius 2 is 2.00 bits per heavy atom. The number of rotatable bonds is 1. The van der Waals surface area contributed by atoms with Crippen LogP contribution in [0, 0.1) is 0 Å². The number of benzene rings is 2. The minimum atomic E-state index is -0.700. The fourth-order valence-electron chi connectivity index (χ4n) is 2.62. The molecule has 0 spiro atoms. The number of aryl methyl sites for hydroxylation is 1. The first-order valence-corrected chi connectivity index (χ1v) is 8.60. The quantitative estimate of drug-likeness (QED) is 0.479. The van der Waals surface area contributed by atoms with Crippen molar-refractivity contribution < 1.29 is 9.21 Å². The molecule has 0 N–H and O–H groups in total. The minimum absolute atomic E-state index is 0.0951. The number of carbonyl (C=O) groups is 1. The second kappa shape index (κ2) is 5.98. The van der Waals surface area contributed by atoms with Gasteiger partial charge in [-0.3, -0.25) is 4.79 Å². The van der Waals surface area contributed by atoms with Crippen LogP contribution in [0.3, 0.4) is 0 Å². The van der Waals surface area contributed by atoms with Crippen molar-refractivity contribution in [1.29, 1.82) is 0 Å². The number of fused-ring (bicyclic) bond motifs is 2. The molecule has 1 amide bonds. The Balaban J connectivity index is 1.89. The van der Waals surface area contributed by atoms with E-state index in [9.17, 15) is 9.59 Å². The first-order valence-electron chi connectivity index (χ1n) is 7.40. The van der Waals surface area contributed by atoms with Crippen molar-refractivity contribution in [2.75, 3.05) is 0 Å². The van der Waals surface area contributed by atoms with Crippen molar-refractivity contribution in [3.8, 4) is 0 Å². The summed E-state index contributed by atoms with van der Waals surface area (Å²) < 4.78 is 7.85. The van der Waals surface area contributed by atoms with Gasteiger partial charge in [0.1, 0.15) is 11.1 Å². The van der Waals surface area contributed by atoms with Crippen molar-refractivity contribution in [3.05, 3.63) is 74.3 Å². The fourth-order valence-corrected chi connectivity index (χ4v) is 4.02. The summed E-state index contributed by atoms with van der Waals surface area (Å²) >= 11 is 7.54. The second-order valence-electron chi connectivity index (χ2n) is 5.43. The van der Waals surface area contributed by atoms with Gasteiger partial charge >= 0.3 is 5.63 Å². The molecule has 0 aliphatic carbocycles. The molecule has 124 valence electrons. The maximum Gasteiger partial charge on any atom is 0.349 e. The fraction of sp³-hybridized carbons (Fsp3) is 0.0556. The predicted octanol–water partition coefficient (Wildman–Crippen LogP) is 3.74. The van der Waals surface area contributed by atoms with E-state index in [0.717, 1.165) is 10.2 Å². The van der Waals surface area contributed by atoms with E-state index in [1.165, 1.54) is 17.4 Å². The lowest BCUT2D eigenvalue weighted by atomic mass is 10.2. The van der Waals surface area contributed by atoms with Gasteiger partial charge in [-0.05, 0) is 24.3 Å². The molecule has 4 aromatic rings. The van der Waals surface area contributed by atoms with Crippen LogP contribution in [0.5, 0.6) is 0 Å². The number of thiazole rings is 1. The van der Waals surface area contributed by atoms with Gasteiger partial charge in [-0.2, -0.15) is 4.99 Å². The molecule has 5 nitrogen and oxygen atoms in total. The second-order valence-corrected chi connectivity index (χ2v) is 6.85. The van der Waals surface area contributed by atoms with Crippen molar-refractivity contribution in [3.63, 3.8) is 0 Å². The monoisotopic (exact) mass is 370 g/mol. The molecule has 2 aromatic carbocycles. The highest BCUT2D eigenvalue weighted by Gasteiger charge is 2.14. The van der Waals surface area contributed by atoms with Crippen LogP contribution in [-0.2, 0) is 7.05 Å². The number of hydrogen-bond acceptors (Lipinski definition) is 4. The van der Waals surface area contributed by atoms with Crippen LogP contribution in [0.25, 0.3) is 21.2 Å². The maximum atomic E-state index is 12.5. The number of nitrogens with zero attached hydrogens (tertiary/aromatic N) is 2. The first-order chi connectivity index (χ1) is 12.0. The van der Waals surface area contributed by atoms with Gasteiger partial charge in [0, 0.05) is 12.4 Å². The normalized spacial score (nSPS) is 12.2. The summed E-state index contributed by atoms with van der Waals surface area (Å²) in [6.07, 6.45) is 0. The van der Waals surface area contributed by atoms with E-state index >= 15 is 0 Å². The van der Waals surface area contributed by atoms with Gasteiger partial charge in [0.05, 0.1) is 15.2 Å². The van der Waals surface area contributed by atoms with Gasteiger partial charge in [0.2, 0.25) is 0 Å². The summed E-state index contributed by atoms with van der Waals surface area (Å²) in [6, 6.07) is 14.0. The van der Waals surface area contributed by atoms with E-state index in [1.807, 2.05) is 18.2 Å². The summed E-state index contributed by atoms with van der Waals surface area (Å²) in [7, 11) is 1.78. The van der Waals surface area contributed by atoms with E-state index in [4.69, 9.17) is 16.0 Å². The Hall–Kier alpha value is -2.70. The van der Waals surface area contributed by atoms with E-state index in [2.05, 4.69) is 4.99 Å². The van der Waals surface area contributed by atoms with Gasteiger partial charge in [0.25, 0.3) is 5.91 Å². The van der Waals surface area contributed by atoms with Gasteiger partial charge in [-0.15, -0.1) is 0 Å². The third-order valence-electron chi connectivity index (χ3n) is 3.84. The first kappa shape index (κ1) is 15.8. The largest absolute Gasteiger partial charge is 0.422 e. The van der Waals surface area contributed by atoms with E-state index < -0.39 is 11.5 Å². The SMILES string of the molecule is Cn1c(=NC(=O)c2cc3ccccc3oc2=O)sc2cccc(Cl)c21. The predicted molar refractivity (Wildman–Crippen MR) is 98.2 cm³/mol. The van der Waals surface area contributed by atoms with Gasteiger partial charge < -0.3 is 8.98 Å². The van der Waals surface area contributed by atoms with Crippen LogP contribution < -0.4 is 10.4 Å². The lowest BCUT2D eigenvalue weighted by Crippen LogP contribution is -2.17. The van der Waals surface area contributed by atoms with Crippen molar-refractivity contribution in [2.24, 2.45) is 12.0 Å². The summed E-state index contributed by atoms with van der Waals surface area (Å²) in [6.45, 7) is 0. The van der Waals surface area contributed by atoms with Crippen LogP contribution >= 0.6 is 22.9 Å². The smallest absolute Gasteiger partial charge is 0.349 e. The number of amides is 1. The molecule has 0 fully saturated rings. The molecule has 0 aliphatic rings. The van der Waals surface area contributed by atoms with Gasteiger partial charge in [-0.25, -0.2) is 4.79 Å². The molecular formula is C18H11ClN2O3S. The lowest BCUT2D eigenvalue weighted by molar-refractivity contribution is 0.0994. The molecule has 0 aliphatic heterocycles. The molecule has 25 heavy (non-hydrogen) atoms. The highest BCUT2D eigenvalue weighted by Crippen LogP contribution is 2.24. The Bertz CT molecular complexity index is 1270. The Morgan fingerprint density at radius 3 is 2.80 bits per heavy atom. The highest BCUT2D eigenvalue weighted by atomic mass is 35.5. The maximum absolute atomic E-state index is 12.5. The summed E-state index contributed by atoms with van der Waals surface area (Å²) in [5.41, 5.74) is 0.436. The number of para-hydroxylation sites is 2. The molecular weight excluding hydrogens is 360 g/mol. The van der Waals surface area contributed by atoms with Crippen molar-refractivity contribution in [2.45, 2.75) is 0 Å². The molecule has 2 aromatic heterocycles. The summed E-state index contributed by atoms with van der Waals surface area (Å²) in [5, 5.41) is 1.25. The van der Waals surface area contributed by atoms with Crippen LogP contribution in [0.4, 0.5) is 0 Å². The summed E-state index contributed by atoms with van der Waals surface area (Å²) in [4.78, 5) is 29.2. The number of aromatic nitrogens is 1. The number of halogens is 1. The van der Waals surface area contributed by atoms with E-state index in [0.29, 0.717) is 20.8 Å². The average Bonchev–Trinajstić information content (AvgIpc) is 2.91. The molecule has 0 saturated heterocycles. The molecule has 7 heteroatoms. The standard InChI is InChI=1S/C18H11ClN2O3S/c1-21-15-12(19)6-4-8-14(15)25-18(21)20-16(22)11-9-10-5-2-3-7-13(10)24-17(11)23/h2-9H,1H3. The van der Waals surface area contributed by atoms with Crippen LogP contribution in [0.1, 0.15) is 10.4 Å². The van der Waals surface area contributed by atoms with Gasteiger partial charge in [-0.1, -0.05) is 47.2 Å². The molecule has 0 radical (unpaired) electrons. The molecule has 0 atom stereocenters. The average molecular weight is 371 g/mol. The topological polar surface area (TPSA) is 64.6 Å². The Morgan fingerprint density at radius 1 is 1.20 bits per heavy atom. The molecule has 0 unspecified atom stereocenters. The Labute approximate surface area is 150 Å². The molecule has 0 saturated carbocycles. The van der Waals surface area contributed by atoms with Crippen LogP contribution in [0.15, 0.2) is 62.7 Å². The van der Waals surface area contributed by atoms with Crippen LogP contribution in [0.2, 0.25) is 5.02 Å². The van der Waals surface area contributed by atoms with E-state index in [-0.39, 0.29) is 5.56 Å². The van der Waals surface area contributed by atoms with Crippen molar-refractivity contribution in [1.82, 2.24) is 4.57 Å². The third-order valence-corrected chi connectivity index (χ3v) is 5.24. The molecule has 0 bridgehead atoms. The summed E-state index contributed by atoms with van der Waals surface area (Å²) in [5.74, 6) is -0.641. The number of carbonyl (C=O) groups excluding carboxylic acids is 1. The van der Waals surface area contributed by atoms with Crippen molar-refractivity contribution >= 4 is 50.0 Å². The third kappa shape index (κ3) is 2.69. The zero-order valence-electron chi connectivity index (χ0n) is 13.0. The van der Waals surface area contributed by atoms with Crippen LogP contribution in [-0.4, -0.2) is 10.5 Å². The Kier molecular flexibility index (Phi) is 3.78. The van der Waals surface area contributed by atoms with Gasteiger partial charge in [0.15, 0.2) is 4.80 Å². The highest BCUT2D eigenvalue weighted by molar-refractivity contribution is 7.16. The van der Waals surface area contributed by atoms with E-state index in [1.54, 1.807) is 35.9 Å². The number of hydrogen-bond donors (Lipinski definition) is 0. The zero-order chi connectivity index (χ0) is 17.6. The molecule has 4 rings (SSSR count). The molecule has 2 heterocycles. The minimum Gasteiger partial charge on any atom is -0.422 e.